The molecular formula is C21H20ClFO2. The largest absolute Gasteiger partial charge is 0.465 e. The number of hydrogen-bond donors (Lipinski definition) is 0. The van der Waals surface area contributed by atoms with Gasteiger partial charge >= 0.3 is 5.97 Å². The van der Waals surface area contributed by atoms with Crippen molar-refractivity contribution in [3.05, 3.63) is 64.4 Å². The van der Waals surface area contributed by atoms with Crippen molar-refractivity contribution in [3.63, 3.8) is 0 Å². The topological polar surface area (TPSA) is 26.3 Å². The Hall–Kier alpha value is -2.13. The summed E-state index contributed by atoms with van der Waals surface area (Å²) < 4.78 is 19.3. The number of hydrogen-bond acceptors (Lipinski definition) is 2. The first-order chi connectivity index (χ1) is 11.8. The molecule has 0 aromatic heterocycles. The highest BCUT2D eigenvalue weighted by atomic mass is 35.5. The normalized spacial score (nSPS) is 15.8. The summed E-state index contributed by atoms with van der Waals surface area (Å²) >= 11 is 6.08. The second-order valence-corrected chi connectivity index (χ2v) is 7.35. The van der Waals surface area contributed by atoms with Crippen LogP contribution in [0.2, 0.25) is 5.02 Å². The molecule has 2 aromatic carbocycles. The molecule has 1 aliphatic rings. The molecule has 3 rings (SSSR count). The molecule has 130 valence electrons. The zero-order valence-electron chi connectivity index (χ0n) is 14.5. The van der Waals surface area contributed by atoms with Gasteiger partial charge in [-0.3, -0.25) is 0 Å². The molecule has 0 radical (unpaired) electrons. The van der Waals surface area contributed by atoms with Crippen LogP contribution in [-0.4, -0.2) is 13.1 Å². The molecule has 0 saturated carbocycles. The van der Waals surface area contributed by atoms with E-state index in [4.69, 9.17) is 16.3 Å². The molecule has 0 spiro atoms. The first kappa shape index (κ1) is 17.7. The van der Waals surface area contributed by atoms with Gasteiger partial charge in [-0.2, -0.15) is 0 Å². The van der Waals surface area contributed by atoms with E-state index in [2.05, 4.69) is 19.9 Å². The van der Waals surface area contributed by atoms with Gasteiger partial charge in [0.1, 0.15) is 5.82 Å². The monoisotopic (exact) mass is 358 g/mol. The Kier molecular flexibility index (Phi) is 4.70. The maximum atomic E-state index is 14.5. The number of carbonyl (C=O) groups is 1. The molecule has 0 saturated heterocycles. The van der Waals surface area contributed by atoms with Crippen molar-refractivity contribution in [1.82, 2.24) is 0 Å². The van der Waals surface area contributed by atoms with E-state index in [9.17, 15) is 9.18 Å². The van der Waals surface area contributed by atoms with Crippen LogP contribution in [0.15, 0.2) is 42.5 Å². The number of esters is 1. The summed E-state index contributed by atoms with van der Waals surface area (Å²) in [6.45, 7) is 4.32. The highest BCUT2D eigenvalue weighted by molar-refractivity contribution is 6.30. The molecule has 25 heavy (non-hydrogen) atoms. The van der Waals surface area contributed by atoms with Crippen molar-refractivity contribution < 1.29 is 13.9 Å². The fraction of sp³-hybridized carbons (Fsp3) is 0.286. The summed E-state index contributed by atoms with van der Waals surface area (Å²) in [5, 5.41) is 0.471. The van der Waals surface area contributed by atoms with Crippen LogP contribution in [0.25, 0.3) is 16.7 Å². The number of methoxy groups -OCH3 is 1. The van der Waals surface area contributed by atoms with Gasteiger partial charge in [0.2, 0.25) is 0 Å². The molecule has 0 unspecified atom stereocenters. The standard InChI is InChI=1S/C21H20ClFO2/c1-21(2)10-4-5-18(21)16-11-13(20(24)25-3)6-8-15(16)17-12-14(22)7-9-19(17)23/h5-9,11-12H,4,10H2,1-3H3. The van der Waals surface area contributed by atoms with Gasteiger partial charge in [0.05, 0.1) is 12.7 Å². The first-order valence-electron chi connectivity index (χ1n) is 8.22. The Morgan fingerprint density at radius 2 is 1.88 bits per heavy atom. The average Bonchev–Trinajstić information content (AvgIpc) is 2.95. The molecule has 0 aliphatic heterocycles. The molecule has 0 amide bonds. The minimum atomic E-state index is -0.407. The van der Waals surface area contributed by atoms with Gasteiger partial charge in [-0.1, -0.05) is 37.6 Å². The Morgan fingerprint density at radius 3 is 2.52 bits per heavy atom. The van der Waals surface area contributed by atoms with Crippen LogP contribution >= 0.6 is 11.6 Å². The number of ether oxygens (including phenoxy) is 1. The molecule has 2 nitrogen and oxygen atoms in total. The zero-order valence-corrected chi connectivity index (χ0v) is 15.3. The third-order valence-corrected chi connectivity index (χ3v) is 5.03. The molecular weight excluding hydrogens is 339 g/mol. The van der Waals surface area contributed by atoms with Gasteiger partial charge in [-0.25, -0.2) is 9.18 Å². The lowest BCUT2D eigenvalue weighted by atomic mass is 9.79. The van der Waals surface area contributed by atoms with Crippen molar-refractivity contribution >= 4 is 23.1 Å². The van der Waals surface area contributed by atoms with Crippen LogP contribution in [0, 0.1) is 11.2 Å². The quantitative estimate of drug-likeness (QED) is 0.616. The summed E-state index contributed by atoms with van der Waals surface area (Å²) in [4.78, 5) is 12.0. The Bertz CT molecular complexity index is 868. The van der Waals surface area contributed by atoms with Crippen LogP contribution in [0.4, 0.5) is 4.39 Å². The average molecular weight is 359 g/mol. The third kappa shape index (κ3) is 3.34. The van der Waals surface area contributed by atoms with Gasteiger partial charge in [0.15, 0.2) is 0 Å². The molecule has 0 atom stereocenters. The van der Waals surface area contributed by atoms with E-state index >= 15 is 0 Å². The number of rotatable bonds is 3. The Balaban J connectivity index is 2.25. The Labute approximate surface area is 152 Å². The fourth-order valence-electron chi connectivity index (χ4n) is 3.41. The molecule has 0 N–H and O–H groups in total. The van der Waals surface area contributed by atoms with Crippen LogP contribution in [0.5, 0.6) is 0 Å². The van der Waals surface area contributed by atoms with E-state index in [1.165, 1.54) is 19.2 Å². The number of halogens is 2. The van der Waals surface area contributed by atoms with E-state index in [1.54, 1.807) is 24.3 Å². The van der Waals surface area contributed by atoms with Crippen molar-refractivity contribution in [2.75, 3.05) is 7.11 Å². The molecule has 0 fully saturated rings. The minimum Gasteiger partial charge on any atom is -0.465 e. The summed E-state index contributed by atoms with van der Waals surface area (Å²) in [6, 6.07) is 9.74. The van der Waals surface area contributed by atoms with Gasteiger partial charge in [0, 0.05) is 10.6 Å². The number of carbonyl (C=O) groups excluding carboxylic acids is 1. The van der Waals surface area contributed by atoms with Crippen LogP contribution in [0.1, 0.15) is 42.6 Å². The van der Waals surface area contributed by atoms with E-state index in [0.29, 0.717) is 16.1 Å². The van der Waals surface area contributed by atoms with Crippen LogP contribution < -0.4 is 0 Å². The van der Waals surface area contributed by atoms with Gasteiger partial charge < -0.3 is 4.74 Å². The van der Waals surface area contributed by atoms with E-state index in [-0.39, 0.29) is 11.2 Å². The lowest BCUT2D eigenvalue weighted by Crippen LogP contribution is -2.11. The smallest absolute Gasteiger partial charge is 0.337 e. The summed E-state index contributed by atoms with van der Waals surface area (Å²) in [5.74, 6) is -0.747. The minimum absolute atomic E-state index is 0.0431. The molecule has 0 heterocycles. The van der Waals surface area contributed by atoms with Crippen LogP contribution in [0.3, 0.4) is 0 Å². The van der Waals surface area contributed by atoms with Gasteiger partial charge in [0.25, 0.3) is 0 Å². The fourth-order valence-corrected chi connectivity index (χ4v) is 3.59. The predicted octanol–water partition coefficient (Wildman–Crippen LogP) is 6.14. The molecule has 2 aromatic rings. The molecule has 0 bridgehead atoms. The number of benzene rings is 2. The van der Waals surface area contributed by atoms with E-state index < -0.39 is 5.97 Å². The first-order valence-corrected chi connectivity index (χ1v) is 8.60. The van der Waals surface area contributed by atoms with Crippen molar-refractivity contribution in [3.8, 4) is 11.1 Å². The second-order valence-electron chi connectivity index (χ2n) is 6.92. The molecule has 1 aliphatic carbocycles. The van der Waals surface area contributed by atoms with Crippen LogP contribution in [-0.2, 0) is 4.74 Å². The van der Waals surface area contributed by atoms with Gasteiger partial charge in [-0.15, -0.1) is 0 Å². The predicted molar refractivity (Wildman–Crippen MR) is 99.2 cm³/mol. The molecule has 4 heteroatoms. The lowest BCUT2D eigenvalue weighted by Gasteiger charge is -2.25. The van der Waals surface area contributed by atoms with Crippen molar-refractivity contribution in [2.24, 2.45) is 5.41 Å². The van der Waals surface area contributed by atoms with Gasteiger partial charge in [-0.05, 0) is 65.3 Å². The van der Waals surface area contributed by atoms with Crippen molar-refractivity contribution in [2.45, 2.75) is 26.7 Å². The van der Waals surface area contributed by atoms with E-state index in [0.717, 1.165) is 29.5 Å². The highest BCUT2D eigenvalue weighted by Crippen LogP contribution is 2.47. The maximum absolute atomic E-state index is 14.5. The zero-order chi connectivity index (χ0) is 18.2. The summed E-state index contributed by atoms with van der Waals surface area (Å²) in [6.07, 6.45) is 4.15. The Morgan fingerprint density at radius 1 is 1.12 bits per heavy atom. The summed E-state index contributed by atoms with van der Waals surface area (Å²) in [5.41, 5.74) is 3.54. The SMILES string of the molecule is COC(=O)c1ccc(-c2cc(Cl)ccc2F)c(C2=CCCC2(C)C)c1. The maximum Gasteiger partial charge on any atom is 0.337 e. The third-order valence-electron chi connectivity index (χ3n) is 4.80. The van der Waals surface area contributed by atoms with E-state index in [1.807, 2.05) is 0 Å². The number of allylic oxidation sites excluding steroid dienone is 2. The highest BCUT2D eigenvalue weighted by Gasteiger charge is 2.30. The van der Waals surface area contributed by atoms with Crippen molar-refractivity contribution in [1.29, 1.82) is 0 Å². The second kappa shape index (κ2) is 6.64. The summed E-state index contributed by atoms with van der Waals surface area (Å²) in [7, 11) is 1.35. The lowest BCUT2D eigenvalue weighted by molar-refractivity contribution is 0.0600.